The van der Waals surface area contributed by atoms with Crippen LogP contribution >= 0.6 is 0 Å². The minimum absolute atomic E-state index is 0.308. The number of benzene rings is 3. The van der Waals surface area contributed by atoms with Gasteiger partial charge in [0.1, 0.15) is 0 Å². The fourth-order valence-electron chi connectivity index (χ4n) is 4.29. The molecule has 0 aliphatic carbocycles. The Balaban J connectivity index is 1.72. The number of sulfonamides is 1. The lowest BCUT2D eigenvalue weighted by Gasteiger charge is -2.23. The molecule has 4 rings (SSSR count). The summed E-state index contributed by atoms with van der Waals surface area (Å²) < 4.78 is 31.0. The smallest absolute Gasteiger partial charge is 0.337 e. The number of amides is 1. The van der Waals surface area contributed by atoms with E-state index in [-0.39, 0.29) is 5.91 Å². The fourth-order valence-corrected chi connectivity index (χ4v) is 5.26. The number of nitrogens with one attached hydrogen (secondary N) is 3. The summed E-state index contributed by atoms with van der Waals surface area (Å²) in [6, 6.07) is 21.4. The lowest BCUT2D eigenvalue weighted by molar-refractivity contribution is -0.110. The molecule has 3 N–H and O–H groups in total. The molecule has 9 nitrogen and oxygen atoms in total. The molecule has 0 atom stereocenters. The van der Waals surface area contributed by atoms with E-state index >= 15 is 0 Å². The fraction of sp³-hybridized carbons (Fsp3) is 0.214. The summed E-state index contributed by atoms with van der Waals surface area (Å²) in [6.07, 6.45) is 1.86. The Morgan fingerprint density at radius 3 is 2.34 bits per heavy atom. The highest BCUT2D eigenvalue weighted by molar-refractivity contribution is 7.92. The van der Waals surface area contributed by atoms with Crippen molar-refractivity contribution >= 4 is 50.2 Å². The number of nitrogens with zero attached hydrogens (tertiary/aromatic N) is 1. The van der Waals surface area contributed by atoms with Gasteiger partial charge in [-0.3, -0.25) is 9.10 Å². The molecule has 3 aromatic rings. The average molecular weight is 535 g/mol. The Bertz CT molecular complexity index is 1470. The zero-order valence-corrected chi connectivity index (χ0v) is 22.3. The lowest BCUT2D eigenvalue weighted by Crippen LogP contribution is -2.32. The zero-order valence-electron chi connectivity index (χ0n) is 21.4. The SMILES string of the molecule is CNCCCN(c1ccc(N/C(=C2\C(=O)Nc3cc(C(=O)OC)ccc32)c2ccccc2)cc1)S(C)(=O)=O. The van der Waals surface area contributed by atoms with Gasteiger partial charge in [0.05, 0.1) is 41.6 Å². The maximum Gasteiger partial charge on any atom is 0.337 e. The highest BCUT2D eigenvalue weighted by Gasteiger charge is 2.29. The molecule has 0 unspecified atom stereocenters. The van der Waals surface area contributed by atoms with Gasteiger partial charge in [0.2, 0.25) is 10.0 Å². The summed E-state index contributed by atoms with van der Waals surface area (Å²) in [5.41, 5.74) is 4.53. The Kier molecular flexibility index (Phi) is 8.13. The molecule has 0 bridgehead atoms. The number of carbonyl (C=O) groups excluding carboxylic acids is 2. The van der Waals surface area contributed by atoms with Gasteiger partial charge in [0.25, 0.3) is 5.91 Å². The van der Waals surface area contributed by atoms with Crippen molar-refractivity contribution < 1.29 is 22.7 Å². The van der Waals surface area contributed by atoms with Gasteiger partial charge in [0.15, 0.2) is 0 Å². The first-order valence-corrected chi connectivity index (χ1v) is 13.9. The second-order valence-corrected chi connectivity index (χ2v) is 10.7. The molecule has 1 heterocycles. The van der Waals surface area contributed by atoms with Crippen LogP contribution in [0.5, 0.6) is 0 Å². The number of anilines is 3. The first-order valence-electron chi connectivity index (χ1n) is 12.1. The van der Waals surface area contributed by atoms with Crippen LogP contribution < -0.4 is 20.3 Å². The van der Waals surface area contributed by atoms with Gasteiger partial charge in [-0.05, 0) is 62.0 Å². The number of ether oxygens (including phenoxy) is 1. The number of carbonyl (C=O) groups is 2. The number of esters is 1. The van der Waals surface area contributed by atoms with Crippen molar-refractivity contribution in [2.24, 2.45) is 0 Å². The van der Waals surface area contributed by atoms with E-state index in [0.717, 1.165) is 5.56 Å². The van der Waals surface area contributed by atoms with E-state index in [0.29, 0.717) is 59.0 Å². The van der Waals surface area contributed by atoms with Crippen molar-refractivity contribution in [3.8, 4) is 0 Å². The Morgan fingerprint density at radius 1 is 1.00 bits per heavy atom. The second-order valence-electron chi connectivity index (χ2n) is 8.79. The highest BCUT2D eigenvalue weighted by atomic mass is 32.2. The normalized spacial score (nSPS) is 13.9. The minimum atomic E-state index is -3.45. The summed E-state index contributed by atoms with van der Waals surface area (Å²) in [4.78, 5) is 25.1. The third kappa shape index (κ3) is 5.87. The molecule has 10 heteroatoms. The van der Waals surface area contributed by atoms with Crippen LogP contribution in [0.1, 0.15) is 27.9 Å². The topological polar surface area (TPSA) is 117 Å². The summed E-state index contributed by atoms with van der Waals surface area (Å²) in [5, 5.41) is 9.24. The Morgan fingerprint density at radius 2 is 1.71 bits per heavy atom. The molecule has 1 aliphatic heterocycles. The average Bonchev–Trinajstić information content (AvgIpc) is 3.24. The minimum Gasteiger partial charge on any atom is -0.465 e. The van der Waals surface area contributed by atoms with Crippen molar-refractivity contribution in [1.29, 1.82) is 0 Å². The van der Waals surface area contributed by atoms with Gasteiger partial charge in [-0.1, -0.05) is 36.4 Å². The van der Waals surface area contributed by atoms with Gasteiger partial charge in [-0.25, -0.2) is 13.2 Å². The third-order valence-corrected chi connectivity index (χ3v) is 7.30. The molecule has 3 aromatic carbocycles. The number of fused-ring (bicyclic) bond motifs is 1. The van der Waals surface area contributed by atoms with E-state index in [4.69, 9.17) is 4.74 Å². The van der Waals surface area contributed by atoms with E-state index in [1.165, 1.54) is 17.7 Å². The summed E-state index contributed by atoms with van der Waals surface area (Å²) in [7, 11) is -0.323. The van der Waals surface area contributed by atoms with Crippen LogP contribution in [0.25, 0.3) is 11.3 Å². The van der Waals surface area contributed by atoms with Crippen LogP contribution in [0.4, 0.5) is 17.1 Å². The van der Waals surface area contributed by atoms with Crippen molar-refractivity contribution in [1.82, 2.24) is 5.32 Å². The Hall–Kier alpha value is -4.15. The lowest BCUT2D eigenvalue weighted by atomic mass is 9.99. The predicted octanol–water partition coefficient (Wildman–Crippen LogP) is 3.78. The van der Waals surface area contributed by atoms with E-state index < -0.39 is 16.0 Å². The monoisotopic (exact) mass is 534 g/mol. The molecule has 0 spiro atoms. The number of hydrogen-bond donors (Lipinski definition) is 3. The molecule has 38 heavy (non-hydrogen) atoms. The quantitative estimate of drug-likeness (QED) is 0.206. The maximum atomic E-state index is 13.2. The maximum absolute atomic E-state index is 13.2. The van der Waals surface area contributed by atoms with Crippen LogP contribution in [-0.4, -0.2) is 53.8 Å². The molecule has 1 aliphatic rings. The summed E-state index contributed by atoms with van der Waals surface area (Å²) in [6.45, 7) is 1.06. The van der Waals surface area contributed by atoms with Gasteiger partial charge < -0.3 is 20.7 Å². The Labute approximate surface area is 222 Å². The molecule has 0 aromatic heterocycles. The van der Waals surface area contributed by atoms with E-state index in [9.17, 15) is 18.0 Å². The first kappa shape index (κ1) is 26.9. The van der Waals surface area contributed by atoms with E-state index in [1.54, 1.807) is 42.5 Å². The second kappa shape index (κ2) is 11.5. The number of rotatable bonds is 10. The predicted molar refractivity (Wildman–Crippen MR) is 150 cm³/mol. The molecule has 198 valence electrons. The van der Waals surface area contributed by atoms with Crippen LogP contribution in [-0.2, 0) is 19.6 Å². The van der Waals surface area contributed by atoms with Crippen LogP contribution in [0.2, 0.25) is 0 Å². The van der Waals surface area contributed by atoms with E-state index in [2.05, 4.69) is 16.0 Å². The van der Waals surface area contributed by atoms with Crippen LogP contribution in [0.15, 0.2) is 72.8 Å². The van der Waals surface area contributed by atoms with Crippen molar-refractivity contribution in [3.63, 3.8) is 0 Å². The van der Waals surface area contributed by atoms with Crippen molar-refractivity contribution in [3.05, 3.63) is 89.5 Å². The van der Waals surface area contributed by atoms with Gasteiger partial charge in [-0.2, -0.15) is 0 Å². The molecule has 0 radical (unpaired) electrons. The molecule has 0 saturated carbocycles. The van der Waals surface area contributed by atoms with Crippen LogP contribution in [0, 0.1) is 0 Å². The van der Waals surface area contributed by atoms with Gasteiger partial charge >= 0.3 is 5.97 Å². The molecule has 0 saturated heterocycles. The van der Waals surface area contributed by atoms with E-state index in [1.807, 2.05) is 37.4 Å². The van der Waals surface area contributed by atoms with Gasteiger partial charge in [0, 0.05) is 17.8 Å². The molecular formula is C28H30N4O5S. The highest BCUT2D eigenvalue weighted by Crippen LogP contribution is 2.38. The molecule has 1 amide bonds. The third-order valence-electron chi connectivity index (χ3n) is 6.11. The standard InChI is InChI=1S/C28H30N4O5S/c1-29-16-7-17-32(38(3,35)36)22-13-11-21(12-14-22)30-26(19-8-5-4-6-9-19)25-23-15-10-20(28(34)37-2)18-24(23)31-27(25)33/h4-6,8-15,18,29-30H,7,16-17H2,1-3H3,(H,31,33)/b26-25-. The largest absolute Gasteiger partial charge is 0.465 e. The number of methoxy groups -OCH3 is 1. The number of hydrogen-bond acceptors (Lipinski definition) is 7. The summed E-state index contributed by atoms with van der Waals surface area (Å²) in [5.74, 6) is -0.798. The van der Waals surface area contributed by atoms with Crippen molar-refractivity contribution in [2.45, 2.75) is 6.42 Å². The zero-order chi connectivity index (χ0) is 27.3. The van der Waals surface area contributed by atoms with Crippen LogP contribution in [0.3, 0.4) is 0 Å². The van der Waals surface area contributed by atoms with Gasteiger partial charge in [-0.15, -0.1) is 0 Å². The summed E-state index contributed by atoms with van der Waals surface area (Å²) >= 11 is 0. The first-order chi connectivity index (χ1) is 18.2. The molecule has 0 fully saturated rings. The molecular weight excluding hydrogens is 504 g/mol. The van der Waals surface area contributed by atoms with Crippen molar-refractivity contribution in [2.75, 3.05) is 48.4 Å².